The molecule has 92 valence electrons. The van der Waals surface area contributed by atoms with Gasteiger partial charge in [0, 0.05) is 23.9 Å². The first-order valence-electron chi connectivity index (χ1n) is 4.92. The summed E-state index contributed by atoms with van der Waals surface area (Å²) in [4.78, 5) is 20.4. The molecule has 3 N–H and O–H groups in total. The van der Waals surface area contributed by atoms with Gasteiger partial charge in [0.05, 0.1) is 4.92 Å². The summed E-state index contributed by atoms with van der Waals surface area (Å²) < 4.78 is 4.52. The number of amides is 1. The number of nitro groups is 1. The highest BCUT2D eigenvalue weighted by atomic mass is 16.6. The average molecular weight is 239 g/mol. The predicted molar refractivity (Wildman–Crippen MR) is 61.9 cm³/mol. The number of nitrogens with two attached hydrogens (primary N) is 1. The molecule has 7 nitrogen and oxygen atoms in total. The van der Waals surface area contributed by atoms with Crippen LogP contribution in [-0.4, -0.2) is 24.2 Å². The van der Waals surface area contributed by atoms with Gasteiger partial charge in [-0.2, -0.15) is 0 Å². The van der Waals surface area contributed by atoms with E-state index in [2.05, 4.69) is 10.1 Å². The molecule has 0 fully saturated rings. The zero-order valence-electron chi connectivity index (χ0n) is 9.30. The molecule has 1 rings (SSSR count). The van der Waals surface area contributed by atoms with E-state index in [0.717, 1.165) is 5.69 Å². The van der Waals surface area contributed by atoms with E-state index >= 15 is 0 Å². The Bertz CT molecular complexity index is 434. The largest absolute Gasteiger partial charge is 0.448 e. The van der Waals surface area contributed by atoms with Gasteiger partial charge in [-0.1, -0.05) is 0 Å². The van der Waals surface area contributed by atoms with E-state index in [-0.39, 0.29) is 12.3 Å². The van der Waals surface area contributed by atoms with E-state index in [4.69, 9.17) is 5.73 Å². The van der Waals surface area contributed by atoms with Crippen LogP contribution in [0.15, 0.2) is 18.2 Å². The number of aryl methyl sites for hydroxylation is 1. The smallest absolute Gasteiger partial charge is 0.404 e. The van der Waals surface area contributed by atoms with E-state index in [1.54, 1.807) is 19.1 Å². The fourth-order valence-electron chi connectivity index (χ4n) is 1.32. The second-order valence-corrected chi connectivity index (χ2v) is 3.35. The van der Waals surface area contributed by atoms with Gasteiger partial charge in [-0.25, -0.2) is 4.79 Å². The Kier molecular flexibility index (Phi) is 4.27. The SMILES string of the molecule is Cc1cc(NCCOC(N)=O)ccc1[N+](=O)[O-]. The van der Waals surface area contributed by atoms with Crippen LogP contribution in [0.3, 0.4) is 0 Å². The Hall–Kier alpha value is -2.31. The number of anilines is 1. The molecule has 0 radical (unpaired) electrons. The van der Waals surface area contributed by atoms with Crippen molar-refractivity contribution in [2.45, 2.75) is 6.92 Å². The second kappa shape index (κ2) is 5.69. The van der Waals surface area contributed by atoms with Crippen LogP contribution in [0.4, 0.5) is 16.2 Å². The number of nitrogens with zero attached hydrogens (tertiary/aromatic N) is 1. The monoisotopic (exact) mass is 239 g/mol. The van der Waals surface area contributed by atoms with Gasteiger partial charge in [0.25, 0.3) is 5.69 Å². The summed E-state index contributed by atoms with van der Waals surface area (Å²) in [6.45, 7) is 2.19. The van der Waals surface area contributed by atoms with Crippen molar-refractivity contribution in [2.75, 3.05) is 18.5 Å². The minimum atomic E-state index is -0.827. The first kappa shape index (κ1) is 12.8. The van der Waals surface area contributed by atoms with Gasteiger partial charge in [0.2, 0.25) is 0 Å². The zero-order valence-corrected chi connectivity index (χ0v) is 9.30. The maximum Gasteiger partial charge on any atom is 0.404 e. The van der Waals surface area contributed by atoms with Gasteiger partial charge in [-0.3, -0.25) is 10.1 Å². The third-order valence-corrected chi connectivity index (χ3v) is 2.07. The molecule has 0 saturated carbocycles. The molecule has 1 aromatic rings. The first-order valence-corrected chi connectivity index (χ1v) is 4.92. The summed E-state index contributed by atoms with van der Waals surface area (Å²) in [5, 5.41) is 13.5. The molecule has 1 amide bonds. The zero-order chi connectivity index (χ0) is 12.8. The van der Waals surface area contributed by atoms with Crippen LogP contribution in [-0.2, 0) is 4.74 Å². The number of rotatable bonds is 5. The molecule has 0 bridgehead atoms. The molecule has 0 unspecified atom stereocenters. The van der Waals surface area contributed by atoms with E-state index in [1.165, 1.54) is 6.07 Å². The van der Waals surface area contributed by atoms with Crippen molar-refractivity contribution in [1.29, 1.82) is 0 Å². The van der Waals surface area contributed by atoms with E-state index in [9.17, 15) is 14.9 Å². The molecule has 0 spiro atoms. The lowest BCUT2D eigenvalue weighted by Crippen LogP contribution is -2.18. The van der Waals surface area contributed by atoms with Gasteiger partial charge in [-0.15, -0.1) is 0 Å². The summed E-state index contributed by atoms with van der Waals surface area (Å²) in [5.74, 6) is 0. The highest BCUT2D eigenvalue weighted by Gasteiger charge is 2.09. The van der Waals surface area contributed by atoms with E-state index in [0.29, 0.717) is 12.1 Å². The number of carbonyl (C=O) groups excluding carboxylic acids is 1. The molecule has 0 aliphatic rings. The molecule has 0 aliphatic heterocycles. The van der Waals surface area contributed by atoms with Crippen LogP contribution in [0.5, 0.6) is 0 Å². The molecular formula is C10H13N3O4. The minimum Gasteiger partial charge on any atom is -0.448 e. The summed E-state index contributed by atoms with van der Waals surface area (Å²) >= 11 is 0. The van der Waals surface area contributed by atoms with Gasteiger partial charge in [0.1, 0.15) is 6.61 Å². The third kappa shape index (κ3) is 3.98. The lowest BCUT2D eigenvalue weighted by molar-refractivity contribution is -0.385. The number of ether oxygens (including phenoxy) is 1. The molecule has 0 saturated heterocycles. The minimum absolute atomic E-state index is 0.0731. The van der Waals surface area contributed by atoms with Crippen LogP contribution < -0.4 is 11.1 Å². The first-order chi connectivity index (χ1) is 8.00. The third-order valence-electron chi connectivity index (χ3n) is 2.07. The van der Waals surface area contributed by atoms with Gasteiger partial charge in [0.15, 0.2) is 0 Å². The molecule has 17 heavy (non-hydrogen) atoms. The van der Waals surface area contributed by atoms with Crippen molar-refractivity contribution in [2.24, 2.45) is 5.73 Å². The molecule has 0 aromatic heterocycles. The Labute approximate surface area is 97.7 Å². The van der Waals surface area contributed by atoms with Crippen molar-refractivity contribution in [3.8, 4) is 0 Å². The standard InChI is InChI=1S/C10H13N3O4/c1-7-6-8(2-3-9(7)13(15)16)12-4-5-17-10(11)14/h2-3,6,12H,4-5H2,1H3,(H2,11,14). The Balaban J connectivity index is 2.53. The summed E-state index contributed by atoms with van der Waals surface area (Å²) in [6, 6.07) is 4.67. The average Bonchev–Trinajstić information content (AvgIpc) is 2.23. The van der Waals surface area contributed by atoms with Crippen molar-refractivity contribution in [1.82, 2.24) is 0 Å². The topological polar surface area (TPSA) is 107 Å². The predicted octanol–water partition coefficient (Wildman–Crippen LogP) is 1.41. The van der Waals surface area contributed by atoms with Gasteiger partial charge in [-0.05, 0) is 19.1 Å². The number of nitro benzene ring substituents is 1. The number of nitrogens with one attached hydrogen (secondary N) is 1. The lowest BCUT2D eigenvalue weighted by Gasteiger charge is -2.07. The molecular weight excluding hydrogens is 226 g/mol. The van der Waals surface area contributed by atoms with E-state index < -0.39 is 11.0 Å². The van der Waals surface area contributed by atoms with Gasteiger partial charge >= 0.3 is 6.09 Å². The number of hydrogen-bond donors (Lipinski definition) is 2. The van der Waals surface area contributed by atoms with Crippen molar-refractivity contribution in [3.63, 3.8) is 0 Å². The second-order valence-electron chi connectivity index (χ2n) is 3.35. The molecule has 7 heteroatoms. The van der Waals surface area contributed by atoms with Crippen molar-refractivity contribution >= 4 is 17.5 Å². The van der Waals surface area contributed by atoms with Crippen LogP contribution in [0, 0.1) is 17.0 Å². The molecule has 0 heterocycles. The van der Waals surface area contributed by atoms with Gasteiger partial charge < -0.3 is 15.8 Å². The van der Waals surface area contributed by atoms with Crippen molar-refractivity contribution < 1.29 is 14.5 Å². The van der Waals surface area contributed by atoms with Crippen LogP contribution in [0.1, 0.15) is 5.56 Å². The Morgan fingerprint density at radius 3 is 2.82 bits per heavy atom. The Morgan fingerprint density at radius 1 is 1.59 bits per heavy atom. The van der Waals surface area contributed by atoms with Crippen molar-refractivity contribution in [3.05, 3.63) is 33.9 Å². The number of benzene rings is 1. The molecule has 0 aliphatic carbocycles. The number of primary amides is 1. The van der Waals surface area contributed by atoms with Crippen LogP contribution >= 0.6 is 0 Å². The summed E-state index contributed by atoms with van der Waals surface area (Å²) in [6.07, 6.45) is -0.827. The number of carbonyl (C=O) groups is 1. The maximum absolute atomic E-state index is 10.6. The van der Waals surface area contributed by atoms with Crippen LogP contribution in [0.25, 0.3) is 0 Å². The Morgan fingerprint density at radius 2 is 2.29 bits per heavy atom. The molecule has 1 aromatic carbocycles. The highest BCUT2D eigenvalue weighted by Crippen LogP contribution is 2.21. The number of hydrogen-bond acceptors (Lipinski definition) is 5. The summed E-state index contributed by atoms with van der Waals surface area (Å²) in [5.41, 5.74) is 6.15. The lowest BCUT2D eigenvalue weighted by atomic mass is 10.2. The molecule has 0 atom stereocenters. The normalized spacial score (nSPS) is 9.71. The van der Waals surface area contributed by atoms with Crippen LogP contribution in [0.2, 0.25) is 0 Å². The fourth-order valence-corrected chi connectivity index (χ4v) is 1.32. The highest BCUT2D eigenvalue weighted by molar-refractivity contribution is 5.64. The quantitative estimate of drug-likeness (QED) is 0.459. The maximum atomic E-state index is 10.6. The fraction of sp³-hybridized carbons (Fsp3) is 0.300. The van der Waals surface area contributed by atoms with E-state index in [1.807, 2.05) is 0 Å². The summed E-state index contributed by atoms with van der Waals surface area (Å²) in [7, 11) is 0.